The van der Waals surface area contributed by atoms with E-state index in [0.717, 1.165) is 22.2 Å². The minimum atomic E-state index is -0.167. The van der Waals surface area contributed by atoms with Gasteiger partial charge in [0, 0.05) is 29.6 Å². The fourth-order valence-corrected chi connectivity index (χ4v) is 3.76. The fourth-order valence-electron chi connectivity index (χ4n) is 3.39. The number of aromatic nitrogens is 3. The summed E-state index contributed by atoms with van der Waals surface area (Å²) in [6.45, 7) is 2.59. The zero-order valence-electron chi connectivity index (χ0n) is 12.9. The number of carbonyl (C=O) groups excluding carboxylic acids is 1. The lowest BCUT2D eigenvalue weighted by Crippen LogP contribution is -2.39. The number of nitrogens with one attached hydrogen (secondary N) is 2. The number of nitrogens with zero attached hydrogens (tertiary/aromatic N) is 2. The Bertz CT molecular complexity index is 961. The summed E-state index contributed by atoms with van der Waals surface area (Å²) in [6.07, 6.45) is 2.16. The zero-order valence-corrected chi connectivity index (χ0v) is 14.4. The number of fused-ring (bicyclic) bond motifs is 3. The second kappa shape index (κ2) is 5.43. The summed E-state index contributed by atoms with van der Waals surface area (Å²) >= 11 is 12.4. The number of rotatable bonds is 1. The first kappa shape index (κ1) is 15.4. The Labute approximate surface area is 147 Å². The minimum Gasteiger partial charge on any atom is -0.384 e. The van der Waals surface area contributed by atoms with Crippen LogP contribution < -0.4 is 5.73 Å². The van der Waals surface area contributed by atoms with E-state index in [-0.39, 0.29) is 17.8 Å². The number of benzene rings is 1. The molecule has 4 N–H and O–H groups in total. The highest BCUT2D eigenvalue weighted by Crippen LogP contribution is 2.40. The molecule has 0 radical (unpaired) electrons. The van der Waals surface area contributed by atoms with Crippen molar-refractivity contribution in [1.29, 1.82) is 0 Å². The highest BCUT2D eigenvalue weighted by atomic mass is 35.5. The van der Waals surface area contributed by atoms with E-state index in [1.165, 1.54) is 6.20 Å². The minimum absolute atomic E-state index is 0.112. The molecule has 0 saturated carbocycles. The van der Waals surface area contributed by atoms with Crippen LogP contribution in [0.2, 0.25) is 10.0 Å². The molecule has 1 unspecified atom stereocenters. The van der Waals surface area contributed by atoms with E-state index in [9.17, 15) is 4.79 Å². The molecule has 0 spiro atoms. The van der Waals surface area contributed by atoms with Gasteiger partial charge in [0.15, 0.2) is 5.82 Å². The first-order chi connectivity index (χ1) is 11.5. The SMILES string of the molecule is CC1c2c([nH]c3c(Cl)c(Cl)ccc23)CCN1C(=O)c1ncc(N)[nH]1. The van der Waals surface area contributed by atoms with Crippen molar-refractivity contribution in [3.63, 3.8) is 0 Å². The van der Waals surface area contributed by atoms with Crippen molar-refractivity contribution in [1.82, 2.24) is 19.9 Å². The molecule has 8 heteroatoms. The monoisotopic (exact) mass is 363 g/mol. The number of H-pyrrole nitrogens is 2. The van der Waals surface area contributed by atoms with Crippen LogP contribution in [0.25, 0.3) is 10.9 Å². The van der Waals surface area contributed by atoms with Crippen LogP contribution >= 0.6 is 23.2 Å². The molecule has 1 aliphatic heterocycles. The maximum absolute atomic E-state index is 12.7. The smallest absolute Gasteiger partial charge is 0.290 e. The Kier molecular flexibility index (Phi) is 3.47. The van der Waals surface area contributed by atoms with E-state index < -0.39 is 0 Å². The molecular formula is C16H15Cl2N5O. The summed E-state index contributed by atoms with van der Waals surface area (Å²) in [5.74, 6) is 0.459. The standard InChI is InChI=1S/C16H15Cl2N5O/c1-7-12-8-2-3-9(17)13(18)14(8)21-10(12)4-5-23(7)16(24)15-20-6-11(19)22-15/h2-3,6-7,21H,4-5,19H2,1H3,(H,20,22). The number of imidazole rings is 1. The highest BCUT2D eigenvalue weighted by molar-refractivity contribution is 6.45. The average molecular weight is 364 g/mol. The number of halogens is 2. The Morgan fingerprint density at radius 3 is 2.88 bits per heavy atom. The molecule has 1 aliphatic rings. The van der Waals surface area contributed by atoms with E-state index in [4.69, 9.17) is 28.9 Å². The first-order valence-corrected chi connectivity index (χ1v) is 8.33. The van der Waals surface area contributed by atoms with Gasteiger partial charge in [-0.1, -0.05) is 29.3 Å². The molecule has 3 aromatic rings. The Morgan fingerprint density at radius 1 is 1.38 bits per heavy atom. The van der Waals surface area contributed by atoms with Gasteiger partial charge < -0.3 is 20.6 Å². The largest absolute Gasteiger partial charge is 0.384 e. The van der Waals surface area contributed by atoms with Crippen LogP contribution in [-0.4, -0.2) is 32.3 Å². The summed E-state index contributed by atoms with van der Waals surface area (Å²) in [5.41, 5.74) is 8.60. The molecule has 0 bridgehead atoms. The van der Waals surface area contributed by atoms with Gasteiger partial charge in [-0.2, -0.15) is 0 Å². The molecule has 6 nitrogen and oxygen atoms in total. The predicted octanol–water partition coefficient (Wildman–Crippen LogP) is 3.54. The Balaban J connectivity index is 1.78. The van der Waals surface area contributed by atoms with E-state index in [2.05, 4.69) is 15.0 Å². The lowest BCUT2D eigenvalue weighted by molar-refractivity contribution is 0.0667. The molecule has 1 amide bonds. The van der Waals surface area contributed by atoms with Gasteiger partial charge in [0.05, 0.1) is 27.8 Å². The molecule has 2 aromatic heterocycles. The maximum atomic E-state index is 12.7. The van der Waals surface area contributed by atoms with Crippen LogP contribution in [0, 0.1) is 0 Å². The molecule has 24 heavy (non-hydrogen) atoms. The number of nitrogens with two attached hydrogens (primary N) is 1. The van der Waals surface area contributed by atoms with Gasteiger partial charge in [-0.25, -0.2) is 4.98 Å². The maximum Gasteiger partial charge on any atom is 0.290 e. The third-order valence-electron chi connectivity index (χ3n) is 4.53. The van der Waals surface area contributed by atoms with Gasteiger partial charge in [0.25, 0.3) is 5.91 Å². The summed E-state index contributed by atoms with van der Waals surface area (Å²) in [7, 11) is 0. The summed E-state index contributed by atoms with van der Waals surface area (Å²) in [4.78, 5) is 24.7. The number of aromatic amines is 2. The first-order valence-electron chi connectivity index (χ1n) is 7.57. The molecule has 0 saturated heterocycles. The third kappa shape index (κ3) is 2.17. The number of amides is 1. The van der Waals surface area contributed by atoms with E-state index in [0.29, 0.717) is 28.8 Å². The zero-order chi connectivity index (χ0) is 17.0. The molecule has 0 aliphatic carbocycles. The fraction of sp³-hybridized carbons (Fsp3) is 0.250. The number of hydrogen-bond donors (Lipinski definition) is 3. The quantitative estimate of drug-likeness (QED) is 0.617. The van der Waals surface area contributed by atoms with Crippen LogP contribution in [-0.2, 0) is 6.42 Å². The number of hydrogen-bond acceptors (Lipinski definition) is 3. The second-order valence-electron chi connectivity index (χ2n) is 5.91. The number of anilines is 1. The molecule has 1 atom stereocenters. The lowest BCUT2D eigenvalue weighted by Gasteiger charge is -2.33. The van der Waals surface area contributed by atoms with Gasteiger partial charge in [-0.15, -0.1) is 0 Å². The van der Waals surface area contributed by atoms with Crippen LogP contribution in [0.3, 0.4) is 0 Å². The van der Waals surface area contributed by atoms with Gasteiger partial charge in [0.1, 0.15) is 5.82 Å². The molecule has 4 rings (SSSR count). The summed E-state index contributed by atoms with van der Waals surface area (Å²) in [6, 6.07) is 3.61. The van der Waals surface area contributed by atoms with Gasteiger partial charge in [-0.05, 0) is 13.0 Å². The van der Waals surface area contributed by atoms with Crippen molar-refractivity contribution in [2.75, 3.05) is 12.3 Å². The van der Waals surface area contributed by atoms with Gasteiger partial charge >= 0.3 is 0 Å². The van der Waals surface area contributed by atoms with Crippen molar-refractivity contribution in [3.8, 4) is 0 Å². The highest BCUT2D eigenvalue weighted by Gasteiger charge is 2.32. The van der Waals surface area contributed by atoms with Crippen molar-refractivity contribution in [3.05, 3.63) is 45.5 Å². The van der Waals surface area contributed by atoms with E-state index in [1.54, 1.807) is 11.0 Å². The predicted molar refractivity (Wildman–Crippen MR) is 94.5 cm³/mol. The van der Waals surface area contributed by atoms with Gasteiger partial charge in [-0.3, -0.25) is 4.79 Å². The average Bonchev–Trinajstić information content (AvgIpc) is 3.15. The topological polar surface area (TPSA) is 90.8 Å². The molecule has 124 valence electrons. The third-order valence-corrected chi connectivity index (χ3v) is 5.34. The summed E-state index contributed by atoms with van der Waals surface area (Å²) < 4.78 is 0. The van der Waals surface area contributed by atoms with Crippen LogP contribution in [0.4, 0.5) is 5.82 Å². The van der Waals surface area contributed by atoms with Crippen molar-refractivity contribution in [2.45, 2.75) is 19.4 Å². The van der Waals surface area contributed by atoms with Gasteiger partial charge in [0.2, 0.25) is 0 Å². The van der Waals surface area contributed by atoms with Crippen LogP contribution in [0.1, 0.15) is 34.8 Å². The van der Waals surface area contributed by atoms with E-state index >= 15 is 0 Å². The normalized spacial score (nSPS) is 17.3. The Hall–Kier alpha value is -2.18. The van der Waals surface area contributed by atoms with Crippen molar-refractivity contribution in [2.24, 2.45) is 0 Å². The van der Waals surface area contributed by atoms with Crippen LogP contribution in [0.15, 0.2) is 18.3 Å². The van der Waals surface area contributed by atoms with Crippen molar-refractivity contribution >= 4 is 45.8 Å². The molecule has 0 fully saturated rings. The van der Waals surface area contributed by atoms with E-state index in [1.807, 2.05) is 13.0 Å². The molecule has 1 aromatic carbocycles. The lowest BCUT2D eigenvalue weighted by atomic mass is 9.97. The number of carbonyl (C=O) groups is 1. The summed E-state index contributed by atoms with van der Waals surface area (Å²) in [5, 5.41) is 2.00. The molecule has 3 heterocycles. The second-order valence-corrected chi connectivity index (χ2v) is 6.70. The van der Waals surface area contributed by atoms with Crippen LogP contribution in [0.5, 0.6) is 0 Å². The Morgan fingerprint density at radius 2 is 2.17 bits per heavy atom. The van der Waals surface area contributed by atoms with Crippen molar-refractivity contribution < 1.29 is 4.79 Å². The molecular weight excluding hydrogens is 349 g/mol. The number of nitrogen functional groups attached to an aromatic ring is 1.